The number of allylic oxidation sites excluding steroid dienone is 1. The summed E-state index contributed by atoms with van der Waals surface area (Å²) in [4.78, 5) is 8.37. The lowest BCUT2D eigenvalue weighted by Crippen LogP contribution is -2.20. The number of halogens is 1. The van der Waals surface area contributed by atoms with Crippen LogP contribution in [0.25, 0.3) is 15.8 Å². The molecule has 0 N–H and O–H groups in total. The summed E-state index contributed by atoms with van der Waals surface area (Å²) < 4.78 is 1.17. The molecule has 0 unspecified atom stereocenters. The third-order valence-electron chi connectivity index (χ3n) is 3.81. The molecule has 0 spiro atoms. The molecule has 4 rings (SSSR count). The number of aliphatic imine (C=N–C) groups is 1. The summed E-state index contributed by atoms with van der Waals surface area (Å²) in [5.74, 6) is 0.496. The maximum Gasteiger partial charge on any atom is 0.168 e. The molecule has 21 heavy (non-hydrogen) atoms. The maximum absolute atomic E-state index is 6.48. The molecule has 2 nitrogen and oxygen atoms in total. The van der Waals surface area contributed by atoms with Gasteiger partial charge < -0.3 is 4.90 Å². The van der Waals surface area contributed by atoms with Crippen LogP contribution in [0.1, 0.15) is 19.4 Å². The second kappa shape index (κ2) is 5.04. The second-order valence-electron chi connectivity index (χ2n) is 5.58. The molecular formula is C16H15ClN2S2. The van der Waals surface area contributed by atoms with E-state index in [1.54, 1.807) is 11.3 Å². The normalized spacial score (nSPS) is 18.1. The number of thioether (sulfide) groups is 1. The van der Waals surface area contributed by atoms with Gasteiger partial charge in [0.15, 0.2) is 5.17 Å². The van der Waals surface area contributed by atoms with E-state index in [4.69, 9.17) is 11.6 Å². The van der Waals surface area contributed by atoms with Gasteiger partial charge in [-0.2, -0.15) is 0 Å². The molecule has 1 aromatic carbocycles. The first kappa shape index (κ1) is 13.7. The Morgan fingerprint density at radius 2 is 2.19 bits per heavy atom. The van der Waals surface area contributed by atoms with Gasteiger partial charge in [0, 0.05) is 17.0 Å². The molecule has 0 atom stereocenters. The van der Waals surface area contributed by atoms with Crippen molar-refractivity contribution in [1.29, 1.82) is 0 Å². The highest BCUT2D eigenvalue weighted by Gasteiger charge is 2.34. The molecule has 0 radical (unpaired) electrons. The molecule has 5 heteroatoms. The van der Waals surface area contributed by atoms with E-state index in [0.717, 1.165) is 23.3 Å². The van der Waals surface area contributed by atoms with Gasteiger partial charge in [0.1, 0.15) is 0 Å². The minimum atomic E-state index is 0.496. The first-order valence-corrected chi connectivity index (χ1v) is 9.13. The highest BCUT2D eigenvalue weighted by Crippen LogP contribution is 2.46. The molecule has 0 aliphatic carbocycles. The third-order valence-corrected chi connectivity index (χ3v) is 6.60. The van der Waals surface area contributed by atoms with Crippen molar-refractivity contribution >= 4 is 55.7 Å². The zero-order valence-electron chi connectivity index (χ0n) is 11.9. The van der Waals surface area contributed by atoms with E-state index in [2.05, 4.69) is 47.3 Å². The minimum absolute atomic E-state index is 0.496. The summed E-state index contributed by atoms with van der Waals surface area (Å²) >= 11 is 10.0. The van der Waals surface area contributed by atoms with Crippen LogP contribution >= 0.6 is 34.7 Å². The SMILES string of the molecule is CC(C)C1=C(c2cc(Cl)c3sccc3c2)N2CCN=C2S1. The van der Waals surface area contributed by atoms with Crippen LogP contribution in [0.4, 0.5) is 0 Å². The molecule has 2 aliphatic rings. The Morgan fingerprint density at radius 3 is 3.00 bits per heavy atom. The van der Waals surface area contributed by atoms with Crippen molar-refractivity contribution in [1.82, 2.24) is 4.90 Å². The highest BCUT2D eigenvalue weighted by atomic mass is 35.5. The molecule has 108 valence electrons. The van der Waals surface area contributed by atoms with Crippen molar-refractivity contribution in [3.8, 4) is 0 Å². The van der Waals surface area contributed by atoms with Crippen LogP contribution in [0.5, 0.6) is 0 Å². The van der Waals surface area contributed by atoms with Crippen LogP contribution in [0, 0.1) is 5.92 Å². The van der Waals surface area contributed by atoms with E-state index in [1.807, 2.05) is 11.8 Å². The number of rotatable bonds is 2. The lowest BCUT2D eigenvalue weighted by molar-refractivity contribution is 0.641. The van der Waals surface area contributed by atoms with Gasteiger partial charge in [-0.3, -0.25) is 4.99 Å². The molecule has 0 saturated heterocycles. The Hall–Kier alpha value is -0.970. The standard InChI is InChI=1S/C16H15ClN2S2/c1-9(2)14-13(19-5-4-18-16(19)21-14)11-7-10-3-6-20-15(10)12(17)8-11/h3,6-9H,4-5H2,1-2H3. The van der Waals surface area contributed by atoms with Crippen LogP contribution in [-0.2, 0) is 0 Å². The number of hydrogen-bond donors (Lipinski definition) is 0. The van der Waals surface area contributed by atoms with Crippen LogP contribution in [0.15, 0.2) is 33.5 Å². The summed E-state index contributed by atoms with van der Waals surface area (Å²) in [6.45, 7) is 6.37. The summed E-state index contributed by atoms with van der Waals surface area (Å²) in [6.07, 6.45) is 0. The Balaban J connectivity index is 1.92. The van der Waals surface area contributed by atoms with Gasteiger partial charge in [-0.15, -0.1) is 11.3 Å². The zero-order valence-corrected chi connectivity index (χ0v) is 14.3. The first-order chi connectivity index (χ1) is 10.1. The van der Waals surface area contributed by atoms with Gasteiger partial charge in [0.25, 0.3) is 0 Å². The Kier molecular flexibility index (Phi) is 3.28. The fraction of sp³-hybridized carbons (Fsp3) is 0.312. The number of amidine groups is 1. The summed E-state index contributed by atoms with van der Waals surface area (Å²) in [6, 6.07) is 6.52. The van der Waals surface area contributed by atoms with Gasteiger partial charge in [0.05, 0.1) is 22.0 Å². The predicted molar refractivity (Wildman–Crippen MR) is 95.2 cm³/mol. The fourth-order valence-corrected chi connectivity index (χ4v) is 5.22. The highest BCUT2D eigenvalue weighted by molar-refractivity contribution is 8.17. The molecular weight excluding hydrogens is 320 g/mol. The van der Waals surface area contributed by atoms with Gasteiger partial charge >= 0.3 is 0 Å². The van der Waals surface area contributed by atoms with Crippen molar-refractivity contribution < 1.29 is 0 Å². The second-order valence-corrected chi connectivity index (χ2v) is 7.91. The molecule has 2 aromatic rings. The smallest absolute Gasteiger partial charge is 0.168 e. The van der Waals surface area contributed by atoms with Gasteiger partial charge in [-0.05, 0) is 34.9 Å². The summed E-state index contributed by atoms with van der Waals surface area (Å²) in [7, 11) is 0. The van der Waals surface area contributed by atoms with Gasteiger partial charge in [0.2, 0.25) is 0 Å². The van der Waals surface area contributed by atoms with Crippen molar-refractivity contribution in [2.45, 2.75) is 13.8 Å². The number of benzene rings is 1. The number of fused-ring (bicyclic) bond motifs is 2. The molecule has 0 amide bonds. The quantitative estimate of drug-likeness (QED) is 0.740. The minimum Gasteiger partial charge on any atom is -0.318 e. The van der Waals surface area contributed by atoms with Gasteiger partial charge in [-0.25, -0.2) is 0 Å². The Morgan fingerprint density at radius 1 is 1.33 bits per heavy atom. The van der Waals surface area contributed by atoms with E-state index in [0.29, 0.717) is 5.92 Å². The average Bonchev–Trinajstić information content (AvgIpc) is 3.12. The van der Waals surface area contributed by atoms with Crippen LogP contribution in [0.2, 0.25) is 5.02 Å². The van der Waals surface area contributed by atoms with E-state index < -0.39 is 0 Å². The first-order valence-electron chi connectivity index (χ1n) is 7.06. The lowest BCUT2D eigenvalue weighted by atomic mass is 10.0. The largest absolute Gasteiger partial charge is 0.318 e. The Bertz CT molecular complexity index is 789. The average molecular weight is 335 g/mol. The van der Waals surface area contributed by atoms with Crippen LogP contribution < -0.4 is 0 Å². The molecule has 3 heterocycles. The number of hydrogen-bond acceptors (Lipinski definition) is 4. The van der Waals surface area contributed by atoms with E-state index in [-0.39, 0.29) is 0 Å². The van der Waals surface area contributed by atoms with Crippen molar-refractivity contribution in [3.63, 3.8) is 0 Å². The number of nitrogens with zero attached hydrogens (tertiary/aromatic N) is 2. The predicted octanol–water partition coefficient (Wildman–Crippen LogP) is 5.30. The third kappa shape index (κ3) is 2.12. The Labute approximate surface area is 137 Å². The molecule has 2 aliphatic heterocycles. The molecule has 1 aromatic heterocycles. The van der Waals surface area contributed by atoms with E-state index >= 15 is 0 Å². The summed E-state index contributed by atoms with van der Waals surface area (Å²) in [5, 5.41) is 5.33. The summed E-state index contributed by atoms with van der Waals surface area (Å²) in [5.41, 5.74) is 2.52. The van der Waals surface area contributed by atoms with Crippen LogP contribution in [0.3, 0.4) is 0 Å². The van der Waals surface area contributed by atoms with E-state index in [9.17, 15) is 0 Å². The van der Waals surface area contributed by atoms with Gasteiger partial charge in [-0.1, -0.05) is 37.2 Å². The fourth-order valence-electron chi connectivity index (χ4n) is 2.87. The van der Waals surface area contributed by atoms with E-state index in [1.165, 1.54) is 26.3 Å². The topological polar surface area (TPSA) is 15.6 Å². The monoisotopic (exact) mass is 334 g/mol. The van der Waals surface area contributed by atoms with Crippen molar-refractivity contribution in [2.24, 2.45) is 10.9 Å². The molecule has 0 fully saturated rings. The lowest BCUT2D eigenvalue weighted by Gasteiger charge is -2.18. The zero-order chi connectivity index (χ0) is 14.6. The number of thiophene rings is 1. The molecule has 0 saturated carbocycles. The van der Waals surface area contributed by atoms with Crippen molar-refractivity contribution in [3.05, 3.63) is 39.1 Å². The van der Waals surface area contributed by atoms with Crippen molar-refractivity contribution in [2.75, 3.05) is 13.1 Å². The maximum atomic E-state index is 6.48. The molecule has 0 bridgehead atoms. The van der Waals surface area contributed by atoms with Crippen LogP contribution in [-0.4, -0.2) is 23.2 Å².